The standard InChI is InChI=1S/C11H15BrN2O/c1-7(2)3-4-8-5-6-9(11(13)15)10(12)14-8/h5-7H,3-4H2,1-2H3,(H2,13,15). The fourth-order valence-corrected chi connectivity index (χ4v) is 1.79. The fourth-order valence-electron chi connectivity index (χ4n) is 1.23. The maximum Gasteiger partial charge on any atom is 0.251 e. The average Bonchev–Trinajstić information content (AvgIpc) is 2.14. The van der Waals surface area contributed by atoms with E-state index in [4.69, 9.17) is 5.73 Å². The first-order chi connectivity index (χ1) is 7.00. The van der Waals surface area contributed by atoms with E-state index in [9.17, 15) is 4.79 Å². The highest BCUT2D eigenvalue weighted by Gasteiger charge is 2.08. The van der Waals surface area contributed by atoms with E-state index < -0.39 is 5.91 Å². The molecule has 82 valence electrons. The van der Waals surface area contributed by atoms with Gasteiger partial charge in [0, 0.05) is 5.69 Å². The minimum absolute atomic E-state index is 0.434. The van der Waals surface area contributed by atoms with E-state index in [1.807, 2.05) is 6.07 Å². The Balaban J connectivity index is 2.78. The van der Waals surface area contributed by atoms with Crippen LogP contribution in [0.25, 0.3) is 0 Å². The zero-order valence-electron chi connectivity index (χ0n) is 8.96. The van der Waals surface area contributed by atoms with E-state index in [0.717, 1.165) is 18.5 Å². The van der Waals surface area contributed by atoms with Crippen molar-refractivity contribution in [3.8, 4) is 0 Å². The number of nitrogens with two attached hydrogens (primary N) is 1. The summed E-state index contributed by atoms with van der Waals surface area (Å²) in [5.41, 5.74) is 6.60. The van der Waals surface area contributed by atoms with Gasteiger partial charge in [0.1, 0.15) is 4.60 Å². The van der Waals surface area contributed by atoms with E-state index in [1.54, 1.807) is 6.07 Å². The first-order valence-corrected chi connectivity index (χ1v) is 5.75. The minimum atomic E-state index is -0.454. The molecule has 1 rings (SSSR count). The molecule has 15 heavy (non-hydrogen) atoms. The molecule has 4 heteroatoms. The van der Waals surface area contributed by atoms with Gasteiger partial charge >= 0.3 is 0 Å². The van der Waals surface area contributed by atoms with Crippen molar-refractivity contribution in [3.63, 3.8) is 0 Å². The van der Waals surface area contributed by atoms with Gasteiger partial charge < -0.3 is 5.73 Å². The molecule has 0 unspecified atom stereocenters. The Morgan fingerprint density at radius 2 is 2.20 bits per heavy atom. The number of rotatable bonds is 4. The number of halogens is 1. The van der Waals surface area contributed by atoms with Crippen LogP contribution in [0.5, 0.6) is 0 Å². The third-order valence-corrected chi connectivity index (χ3v) is 2.75. The summed E-state index contributed by atoms with van der Waals surface area (Å²) in [5, 5.41) is 0. The highest BCUT2D eigenvalue weighted by molar-refractivity contribution is 9.10. The molecule has 1 aromatic rings. The van der Waals surface area contributed by atoms with E-state index >= 15 is 0 Å². The molecule has 0 radical (unpaired) electrons. The van der Waals surface area contributed by atoms with Crippen molar-refractivity contribution < 1.29 is 4.79 Å². The van der Waals surface area contributed by atoms with Crippen molar-refractivity contribution in [3.05, 3.63) is 28.0 Å². The number of carbonyl (C=O) groups excluding carboxylic acids is 1. The van der Waals surface area contributed by atoms with Crippen LogP contribution >= 0.6 is 15.9 Å². The number of amides is 1. The van der Waals surface area contributed by atoms with Gasteiger partial charge in [-0.05, 0) is 46.8 Å². The van der Waals surface area contributed by atoms with Crippen LogP contribution in [0.1, 0.15) is 36.3 Å². The SMILES string of the molecule is CC(C)CCc1ccc(C(N)=O)c(Br)n1. The van der Waals surface area contributed by atoms with Gasteiger partial charge in [-0.1, -0.05) is 13.8 Å². The lowest BCUT2D eigenvalue weighted by Crippen LogP contribution is -2.12. The topological polar surface area (TPSA) is 56.0 Å². The van der Waals surface area contributed by atoms with Crippen molar-refractivity contribution in [1.82, 2.24) is 4.98 Å². The first-order valence-electron chi connectivity index (χ1n) is 4.96. The first kappa shape index (κ1) is 12.2. The van der Waals surface area contributed by atoms with Gasteiger partial charge in [0.25, 0.3) is 5.91 Å². The summed E-state index contributed by atoms with van der Waals surface area (Å²) in [6.45, 7) is 4.35. The third-order valence-electron chi connectivity index (χ3n) is 2.15. The minimum Gasteiger partial charge on any atom is -0.366 e. The predicted molar refractivity (Wildman–Crippen MR) is 63.6 cm³/mol. The summed E-state index contributed by atoms with van der Waals surface area (Å²) in [5.74, 6) is 0.200. The maximum atomic E-state index is 11.0. The number of carbonyl (C=O) groups is 1. The quantitative estimate of drug-likeness (QED) is 0.855. The van der Waals surface area contributed by atoms with E-state index in [1.165, 1.54) is 0 Å². The molecule has 1 aromatic heterocycles. The second-order valence-corrected chi connectivity index (χ2v) is 4.69. The molecule has 0 atom stereocenters. The second kappa shape index (κ2) is 5.26. The summed E-state index contributed by atoms with van der Waals surface area (Å²) in [6, 6.07) is 3.57. The molecule has 0 aliphatic heterocycles. The van der Waals surface area contributed by atoms with Crippen molar-refractivity contribution in [2.75, 3.05) is 0 Å². The van der Waals surface area contributed by atoms with Gasteiger partial charge in [-0.25, -0.2) is 4.98 Å². The Morgan fingerprint density at radius 3 is 2.67 bits per heavy atom. The molecule has 0 fully saturated rings. The van der Waals surface area contributed by atoms with Crippen LogP contribution < -0.4 is 5.73 Å². The van der Waals surface area contributed by atoms with Crippen LogP contribution in [-0.2, 0) is 6.42 Å². The molecular weight excluding hydrogens is 256 g/mol. The smallest absolute Gasteiger partial charge is 0.251 e. The van der Waals surface area contributed by atoms with Crippen LogP contribution in [0.2, 0.25) is 0 Å². The summed E-state index contributed by atoms with van der Waals surface area (Å²) < 4.78 is 0.538. The molecule has 0 aliphatic carbocycles. The van der Waals surface area contributed by atoms with Crippen LogP contribution in [0.3, 0.4) is 0 Å². The van der Waals surface area contributed by atoms with Crippen LogP contribution in [0, 0.1) is 5.92 Å². The molecule has 0 bridgehead atoms. The number of primary amides is 1. The number of hydrogen-bond acceptors (Lipinski definition) is 2. The van der Waals surface area contributed by atoms with Gasteiger partial charge in [-0.2, -0.15) is 0 Å². The van der Waals surface area contributed by atoms with Crippen molar-refractivity contribution >= 4 is 21.8 Å². The molecule has 0 aromatic carbocycles. The number of aromatic nitrogens is 1. The Morgan fingerprint density at radius 1 is 1.53 bits per heavy atom. The molecular formula is C11H15BrN2O. The lowest BCUT2D eigenvalue weighted by Gasteiger charge is -2.05. The summed E-state index contributed by atoms with van der Waals surface area (Å²) in [6.07, 6.45) is 2.02. The zero-order valence-corrected chi connectivity index (χ0v) is 10.5. The summed E-state index contributed by atoms with van der Waals surface area (Å²) in [4.78, 5) is 15.2. The Hall–Kier alpha value is -0.900. The highest BCUT2D eigenvalue weighted by atomic mass is 79.9. The zero-order chi connectivity index (χ0) is 11.4. The van der Waals surface area contributed by atoms with Crippen molar-refractivity contribution in [2.45, 2.75) is 26.7 Å². The summed E-state index contributed by atoms with van der Waals surface area (Å²) in [7, 11) is 0. The number of nitrogens with zero attached hydrogens (tertiary/aromatic N) is 1. The lowest BCUT2D eigenvalue weighted by atomic mass is 10.1. The third kappa shape index (κ3) is 3.63. The maximum absolute atomic E-state index is 11.0. The van der Waals surface area contributed by atoms with Crippen LogP contribution in [0.15, 0.2) is 16.7 Å². The highest BCUT2D eigenvalue weighted by Crippen LogP contribution is 2.16. The van der Waals surface area contributed by atoms with Gasteiger partial charge in [0.2, 0.25) is 0 Å². The van der Waals surface area contributed by atoms with Gasteiger partial charge in [0.05, 0.1) is 5.56 Å². The van der Waals surface area contributed by atoms with Gasteiger partial charge in [-0.3, -0.25) is 4.79 Å². The normalized spacial score (nSPS) is 10.7. The fraction of sp³-hybridized carbons (Fsp3) is 0.455. The number of aryl methyl sites for hydroxylation is 1. The second-order valence-electron chi connectivity index (χ2n) is 3.94. The average molecular weight is 271 g/mol. The summed E-state index contributed by atoms with van der Waals surface area (Å²) >= 11 is 3.24. The predicted octanol–water partition coefficient (Wildman–Crippen LogP) is 2.53. The molecule has 1 amide bonds. The molecule has 1 heterocycles. The molecule has 0 saturated carbocycles. The van der Waals surface area contributed by atoms with Crippen molar-refractivity contribution in [1.29, 1.82) is 0 Å². The van der Waals surface area contributed by atoms with E-state index in [2.05, 4.69) is 34.8 Å². The van der Waals surface area contributed by atoms with Crippen LogP contribution in [0.4, 0.5) is 0 Å². The Bertz CT molecular complexity index is 364. The molecule has 0 aliphatic rings. The van der Waals surface area contributed by atoms with E-state index in [-0.39, 0.29) is 0 Å². The Labute approximate surface area is 98.2 Å². The van der Waals surface area contributed by atoms with Gasteiger partial charge in [0.15, 0.2) is 0 Å². The van der Waals surface area contributed by atoms with Gasteiger partial charge in [-0.15, -0.1) is 0 Å². The number of pyridine rings is 1. The van der Waals surface area contributed by atoms with Crippen molar-refractivity contribution in [2.24, 2.45) is 11.7 Å². The monoisotopic (exact) mass is 270 g/mol. The van der Waals surface area contributed by atoms with Crippen LogP contribution in [-0.4, -0.2) is 10.9 Å². The largest absolute Gasteiger partial charge is 0.366 e. The van der Waals surface area contributed by atoms with E-state index in [0.29, 0.717) is 16.1 Å². The lowest BCUT2D eigenvalue weighted by molar-refractivity contribution is 0.0999. The number of hydrogen-bond donors (Lipinski definition) is 1. The molecule has 0 saturated heterocycles. The molecule has 2 N–H and O–H groups in total. The molecule has 3 nitrogen and oxygen atoms in total. The Kier molecular flexibility index (Phi) is 4.27. The molecule has 0 spiro atoms.